The topological polar surface area (TPSA) is 255 Å². The van der Waals surface area contributed by atoms with Crippen molar-refractivity contribution >= 4 is 52.7 Å². The Morgan fingerprint density at radius 2 is 1.44 bits per heavy atom. The highest BCUT2D eigenvalue weighted by atomic mass is 16.5. The third-order valence-corrected chi connectivity index (χ3v) is 16.0. The van der Waals surface area contributed by atoms with Gasteiger partial charge < -0.3 is 40.0 Å². The van der Waals surface area contributed by atoms with Gasteiger partial charge in [-0.15, -0.1) is 0 Å². The van der Waals surface area contributed by atoms with Gasteiger partial charge in [-0.3, -0.25) is 29.8 Å². The molecule has 103 heavy (non-hydrogen) atoms. The van der Waals surface area contributed by atoms with Gasteiger partial charge in [0.25, 0.3) is 5.91 Å². The molecule has 2 aliphatic heterocycles. The van der Waals surface area contributed by atoms with Gasteiger partial charge in [-0.25, -0.2) is 4.99 Å². The van der Waals surface area contributed by atoms with E-state index in [2.05, 4.69) is 175 Å². The summed E-state index contributed by atoms with van der Waals surface area (Å²) in [4.78, 5) is 54.8. The molecule has 0 aliphatic carbocycles. The quantitative estimate of drug-likeness (QED) is 0.0353. The minimum atomic E-state index is -0.276. The highest BCUT2D eigenvalue weighted by molar-refractivity contribution is 6.02. The second-order valence-electron chi connectivity index (χ2n) is 24.5. The third kappa shape index (κ3) is 23.6. The summed E-state index contributed by atoms with van der Waals surface area (Å²) in [6.45, 7) is 25.8. The molecule has 6 heterocycles. The normalized spacial score (nSPS) is 12.5. The number of ether oxygens (including phenoxy) is 1. The van der Waals surface area contributed by atoms with E-state index < -0.39 is 0 Å². The summed E-state index contributed by atoms with van der Waals surface area (Å²) < 4.78 is 16.1. The van der Waals surface area contributed by atoms with E-state index in [4.69, 9.17) is 13.8 Å². The van der Waals surface area contributed by atoms with Crippen LogP contribution in [0, 0.1) is 6.92 Å². The van der Waals surface area contributed by atoms with Gasteiger partial charge in [-0.1, -0.05) is 179 Å². The summed E-state index contributed by atoms with van der Waals surface area (Å²) in [5, 5.41) is 30.4. The molecule has 0 unspecified atom stereocenters. The number of nitrogens with zero attached hydrogens (tertiary/aromatic N) is 10. The lowest BCUT2D eigenvalue weighted by Gasteiger charge is -2.20. The number of benzene rings is 6. The maximum atomic E-state index is 12.0. The van der Waals surface area contributed by atoms with Crippen molar-refractivity contribution in [2.24, 2.45) is 15.2 Å². The van der Waals surface area contributed by atoms with Crippen molar-refractivity contribution in [3.05, 3.63) is 294 Å². The van der Waals surface area contributed by atoms with Gasteiger partial charge in [-0.05, 0) is 134 Å². The Hall–Kier alpha value is -12.4. The Kier molecular flexibility index (Phi) is 28.8. The molecule has 3 amide bonds. The Morgan fingerprint density at radius 1 is 0.748 bits per heavy atom. The number of aryl methyl sites for hydroxylation is 3. The van der Waals surface area contributed by atoms with Gasteiger partial charge in [0.15, 0.2) is 11.6 Å². The number of anilines is 2. The molecule has 0 atom stereocenters. The average Bonchev–Trinajstić information content (AvgIpc) is 1.60. The molecule has 5 N–H and O–H groups in total. The first kappa shape index (κ1) is 76.4. The van der Waals surface area contributed by atoms with E-state index in [0.29, 0.717) is 73.4 Å². The highest BCUT2D eigenvalue weighted by Gasteiger charge is 2.24. The maximum Gasteiger partial charge on any atom is 0.258 e. The van der Waals surface area contributed by atoms with Crippen LogP contribution in [0.1, 0.15) is 131 Å². The van der Waals surface area contributed by atoms with Gasteiger partial charge in [0.05, 0.1) is 36.0 Å². The molecular weight excluding hydrogens is 1290 g/mol. The largest absolute Gasteiger partial charge is 0.494 e. The minimum absolute atomic E-state index is 0. The Bertz CT molecular complexity index is 4480. The second-order valence-corrected chi connectivity index (χ2v) is 24.5. The molecular formula is C82H93N15O6. The van der Waals surface area contributed by atoms with Gasteiger partial charge in [0.2, 0.25) is 23.5 Å². The number of pyridine rings is 2. The van der Waals surface area contributed by atoms with Crippen LogP contribution in [-0.2, 0) is 34.4 Å². The van der Waals surface area contributed by atoms with E-state index in [1.807, 2.05) is 134 Å². The molecule has 21 nitrogen and oxygen atoms in total. The maximum absolute atomic E-state index is 12.0. The van der Waals surface area contributed by atoms with Crippen molar-refractivity contribution in [1.82, 2.24) is 51.7 Å². The fourth-order valence-electron chi connectivity index (χ4n) is 10.4. The van der Waals surface area contributed by atoms with Crippen molar-refractivity contribution in [3.63, 3.8) is 0 Å². The lowest BCUT2D eigenvalue weighted by Crippen LogP contribution is -2.23. The predicted molar refractivity (Wildman–Crippen MR) is 413 cm³/mol. The first-order valence-electron chi connectivity index (χ1n) is 33.9. The lowest BCUT2D eigenvalue weighted by molar-refractivity contribution is -0.121. The molecule has 0 saturated carbocycles. The fourth-order valence-corrected chi connectivity index (χ4v) is 10.4. The summed E-state index contributed by atoms with van der Waals surface area (Å²) >= 11 is 0. The number of carbonyl (C=O) groups excluding carboxylic acids is 3. The van der Waals surface area contributed by atoms with E-state index in [1.54, 1.807) is 47.9 Å². The zero-order valence-corrected chi connectivity index (χ0v) is 58.8. The second kappa shape index (κ2) is 38.8. The van der Waals surface area contributed by atoms with Crippen molar-refractivity contribution in [2.45, 2.75) is 106 Å². The van der Waals surface area contributed by atoms with Crippen LogP contribution in [0.2, 0.25) is 0 Å². The summed E-state index contributed by atoms with van der Waals surface area (Å²) in [5.74, 6) is 4.63. The van der Waals surface area contributed by atoms with Crippen molar-refractivity contribution in [3.8, 4) is 28.5 Å². The first-order chi connectivity index (χ1) is 49.5. The number of amidine groups is 2. The Morgan fingerprint density at radius 3 is 2.11 bits per heavy atom. The van der Waals surface area contributed by atoms with Crippen molar-refractivity contribution in [1.29, 1.82) is 0 Å². The molecule has 2 aliphatic rings. The standard InChI is InChI=1S/C22H24N2O3.C21H25N5.C20H22N4O2.C18H16N4O.CH4.H2/c1-2-26-20-13-11-18(12-14-20)21-15-19(24-27-21)9-6-10-22(25)23-16-17-7-4-3-5-8-17;1-5-25(6-2)19-13-11-18(12-14-19)15-22-26-17(4)23-24-21(26)20-10-8-7-9-16(20)3;1-20(2,3)15-8-6-14(7-9-15)19-23-18(26-24-19)11-10-17(25)22-16-5-4-12-21-13-16;1-13(21-18(23)15-8-5-11-19-12-15)20-17-10-9-16(22-17)14-6-3-2-4-7-14;;/h3-5,7-8,11-15H,2,6,9-10,16H2,1H3,(H,23,25);7-15,23H,4-6H2,1-3H3;4-9,12-13H,10-11H2,1-3H3,(H,22,25);2-9,11-12H,1,10H2,(H,20,22)(H,21,23);1H4;1H. The number of aromatic nitrogens is 5. The molecule has 0 fully saturated rings. The van der Waals surface area contributed by atoms with Gasteiger partial charge in [0, 0.05) is 99.5 Å². The van der Waals surface area contributed by atoms with Crippen LogP contribution in [0.3, 0.4) is 0 Å². The summed E-state index contributed by atoms with van der Waals surface area (Å²) in [6, 6.07) is 61.2. The molecule has 12 rings (SSSR count). The van der Waals surface area contributed by atoms with E-state index in [-0.39, 0.29) is 38.4 Å². The molecule has 4 aromatic heterocycles. The molecule has 0 radical (unpaired) electrons. The summed E-state index contributed by atoms with van der Waals surface area (Å²) in [7, 11) is 0. The van der Waals surface area contributed by atoms with Crippen LogP contribution in [0.25, 0.3) is 28.4 Å². The number of carbonyl (C=O) groups is 3. The third-order valence-electron chi connectivity index (χ3n) is 16.0. The molecule has 10 aromatic rings. The number of nitrogens with one attached hydrogen (secondary N) is 5. The number of rotatable bonds is 24. The van der Waals surface area contributed by atoms with Crippen LogP contribution in [0.4, 0.5) is 11.4 Å². The first-order valence-corrected chi connectivity index (χ1v) is 33.9. The van der Waals surface area contributed by atoms with Crippen LogP contribution >= 0.6 is 0 Å². The highest BCUT2D eigenvalue weighted by Crippen LogP contribution is 2.27. The van der Waals surface area contributed by atoms with Crippen molar-refractivity contribution < 1.29 is 29.6 Å². The fraction of sp³-hybridized carbons (Fsp3) is 0.232. The number of amides is 3. The van der Waals surface area contributed by atoms with Crippen LogP contribution in [0.5, 0.6) is 5.75 Å². The van der Waals surface area contributed by atoms with Gasteiger partial charge in [0.1, 0.15) is 23.2 Å². The van der Waals surface area contributed by atoms with E-state index in [9.17, 15) is 14.4 Å². The number of hydrogen-bond donors (Lipinski definition) is 5. The summed E-state index contributed by atoms with van der Waals surface area (Å²) in [6.07, 6.45) is 13.5. The Balaban J connectivity index is 0.000000193. The molecule has 0 bridgehead atoms. The molecule has 0 spiro atoms. The van der Waals surface area contributed by atoms with Crippen LogP contribution < -0.4 is 36.3 Å². The average molecular weight is 1380 g/mol. The molecule has 21 heteroatoms. The summed E-state index contributed by atoms with van der Waals surface area (Å²) in [5.41, 5.74) is 15.8. The van der Waals surface area contributed by atoms with Gasteiger partial charge >= 0.3 is 0 Å². The number of hydrazone groups is 2. The van der Waals surface area contributed by atoms with Gasteiger partial charge in [-0.2, -0.15) is 20.2 Å². The predicted octanol–water partition coefficient (Wildman–Crippen LogP) is 15.9. The molecule has 532 valence electrons. The van der Waals surface area contributed by atoms with E-state index in [1.165, 1.54) is 17.4 Å². The smallest absolute Gasteiger partial charge is 0.258 e. The van der Waals surface area contributed by atoms with Crippen LogP contribution in [-0.4, -0.2) is 85.6 Å². The number of aliphatic imine (C=N–C) groups is 1. The minimum Gasteiger partial charge on any atom is -0.494 e. The van der Waals surface area contributed by atoms with Crippen LogP contribution in [0.15, 0.2) is 268 Å². The Labute approximate surface area is 605 Å². The molecule has 0 saturated heterocycles. The SMILES string of the molecule is C.C=C(N=C1CC=C(c2ccccc2)N1)NC(=O)c1cccnc1.C=C1NN=C(c2ccccc2C)N1N=Cc1ccc(N(CC)CC)cc1.CC(C)(C)c1ccc(-c2noc(CCC(=O)Nc3cccnc3)n2)cc1.CCOc1ccc(-c2cc(CCCC(=O)NCc3ccccc3)no2)cc1.[HH]. The van der Waals surface area contributed by atoms with Crippen molar-refractivity contribution in [2.75, 3.05) is 29.9 Å². The monoisotopic (exact) mass is 1380 g/mol. The lowest BCUT2D eigenvalue weighted by atomic mass is 9.87. The number of hydrogen-bond acceptors (Lipinski definition) is 17. The zero-order chi connectivity index (χ0) is 72.1. The van der Waals surface area contributed by atoms with E-state index >= 15 is 0 Å². The zero-order valence-electron chi connectivity index (χ0n) is 58.8. The molecule has 6 aromatic carbocycles. The van der Waals surface area contributed by atoms with E-state index in [0.717, 1.165) is 93.0 Å².